The molecule has 0 aliphatic carbocycles. The van der Waals surface area contributed by atoms with E-state index in [4.69, 9.17) is 0 Å². The molecule has 0 amide bonds. The first-order valence-electron chi connectivity index (χ1n) is 3.00. The van der Waals surface area contributed by atoms with Gasteiger partial charge in [0.2, 0.25) is 0 Å². The zero-order valence-corrected chi connectivity index (χ0v) is 8.52. The fourth-order valence-electron chi connectivity index (χ4n) is 0.431. The molecule has 0 heterocycles. The Morgan fingerprint density at radius 1 is 1.62 bits per heavy atom. The fraction of sp³-hybridized carbons (Fsp3) is 0.667. The van der Waals surface area contributed by atoms with Gasteiger partial charge >= 0.3 is 18.2 Å². The van der Waals surface area contributed by atoms with Gasteiger partial charge in [-0.25, -0.2) is 0 Å². The lowest BCUT2D eigenvalue weighted by atomic mass is 10.2. The second kappa shape index (κ2) is 6.11. The van der Waals surface area contributed by atoms with Crippen molar-refractivity contribution in [1.82, 2.24) is 0 Å². The molecule has 0 saturated carbocycles. The molecule has 0 atom stereocenters. The van der Waals surface area contributed by atoms with Crippen LogP contribution in [0.2, 0.25) is 4.55 Å². The van der Waals surface area contributed by atoms with Crippen LogP contribution in [0.3, 0.4) is 0 Å². The van der Waals surface area contributed by atoms with Crippen LogP contribution in [0, 0.1) is 5.92 Å². The highest BCUT2D eigenvalue weighted by Gasteiger charge is 1.84. The van der Waals surface area contributed by atoms with Gasteiger partial charge < -0.3 is 12.9 Å². The monoisotopic (exact) mass is 186 g/mol. The third-order valence-corrected chi connectivity index (χ3v) is 2.72. The average molecular weight is 187 g/mol. The van der Waals surface area contributed by atoms with E-state index in [1.165, 1.54) is 4.55 Å². The second-order valence-electron chi connectivity index (χ2n) is 2.15. The van der Waals surface area contributed by atoms with Gasteiger partial charge in [-0.15, -0.1) is 10.6 Å². The van der Waals surface area contributed by atoms with E-state index in [1.54, 1.807) is 0 Å². The van der Waals surface area contributed by atoms with Crippen molar-refractivity contribution >= 4 is 31.1 Å². The number of rotatable bonds is 3. The molecule has 0 fully saturated rings. The molecule has 0 N–H and O–H groups in total. The maximum atomic E-state index is 3.49. The lowest BCUT2D eigenvalue weighted by Crippen LogP contribution is -1.77. The average Bonchev–Trinajstić information content (AvgIpc) is 1.66. The lowest BCUT2D eigenvalue weighted by Gasteiger charge is -1.89. The van der Waals surface area contributed by atoms with Crippen LogP contribution in [0.1, 0.15) is 13.8 Å². The lowest BCUT2D eigenvalue weighted by molar-refractivity contribution is 0.830. The highest BCUT2D eigenvalue weighted by molar-refractivity contribution is 9.23. The largest absolute Gasteiger partial charge is 0.472 e. The Hall–Kier alpha value is 0.986. The first kappa shape index (κ1) is 8.99. The summed E-state index contributed by atoms with van der Waals surface area (Å²) in [7, 11) is 0. The van der Waals surface area contributed by atoms with Crippen molar-refractivity contribution in [2.75, 3.05) is 0 Å². The predicted molar refractivity (Wildman–Crippen MR) is 43.5 cm³/mol. The van der Waals surface area contributed by atoms with Crippen LogP contribution in [0.15, 0.2) is 12.2 Å². The molecule has 0 spiro atoms. The maximum Gasteiger partial charge on any atom is 0.472 e. The molecule has 0 rings (SSSR count). The topological polar surface area (TPSA) is 0 Å². The normalized spacial score (nSPS) is 10.5. The molecule has 0 aromatic carbocycles. The van der Waals surface area contributed by atoms with E-state index in [0.29, 0.717) is 0 Å². The van der Waals surface area contributed by atoms with Crippen molar-refractivity contribution in [3.8, 4) is 0 Å². The molecule has 0 nitrogen and oxygen atoms in total. The SMILES string of the molecule is CC(C)C=C[CH2][Mg][Br]. The molecule has 0 aromatic heterocycles. The van der Waals surface area contributed by atoms with Crippen molar-refractivity contribution in [1.29, 1.82) is 0 Å². The van der Waals surface area contributed by atoms with E-state index in [-0.39, 0.29) is 18.2 Å². The van der Waals surface area contributed by atoms with Gasteiger partial charge in [-0.05, 0) is 5.92 Å². The Morgan fingerprint density at radius 3 is 2.62 bits per heavy atom. The van der Waals surface area contributed by atoms with E-state index >= 15 is 0 Å². The van der Waals surface area contributed by atoms with E-state index in [1.807, 2.05) is 0 Å². The Morgan fingerprint density at radius 2 is 2.25 bits per heavy atom. The number of hydrogen-bond acceptors (Lipinski definition) is 0. The minimum absolute atomic E-state index is 0.0967. The highest BCUT2D eigenvalue weighted by Crippen LogP contribution is 1.95. The third-order valence-electron chi connectivity index (χ3n) is 0.797. The van der Waals surface area contributed by atoms with Gasteiger partial charge in [-0.2, -0.15) is 0 Å². The van der Waals surface area contributed by atoms with E-state index in [0.717, 1.165) is 5.92 Å². The molecule has 8 heavy (non-hydrogen) atoms. The van der Waals surface area contributed by atoms with Gasteiger partial charge in [-0.1, -0.05) is 19.9 Å². The van der Waals surface area contributed by atoms with Gasteiger partial charge in [0.1, 0.15) is 0 Å². The van der Waals surface area contributed by atoms with Crippen molar-refractivity contribution in [2.24, 2.45) is 5.92 Å². The number of allylic oxidation sites excluding steroid dienone is 2. The molecule has 0 radical (unpaired) electrons. The summed E-state index contributed by atoms with van der Waals surface area (Å²) in [5.74, 6) is 0.725. The molecule has 44 valence electrons. The Labute approximate surface area is 67.3 Å². The highest BCUT2D eigenvalue weighted by atomic mass is 79.9. The Bertz CT molecular complexity index is 68.9. The van der Waals surface area contributed by atoms with Gasteiger partial charge in [0, 0.05) is 0 Å². The van der Waals surface area contributed by atoms with Gasteiger partial charge in [0.15, 0.2) is 0 Å². The predicted octanol–water partition coefficient (Wildman–Crippen LogP) is 2.63. The van der Waals surface area contributed by atoms with Crippen LogP contribution in [-0.2, 0) is 0 Å². The molecule has 0 bridgehead atoms. The number of hydrogen-bond donors (Lipinski definition) is 0. The summed E-state index contributed by atoms with van der Waals surface area (Å²) in [6, 6.07) is 0. The standard InChI is InChI=1S/C6H11.BrH.Mg/c1-4-5-6(2)3;;/h4-6H,1H2,2-3H3;1H;/q;;+1/p-1. The maximum absolute atomic E-state index is 3.49. The van der Waals surface area contributed by atoms with Crippen LogP contribution in [0.4, 0.5) is 0 Å². The van der Waals surface area contributed by atoms with Crippen molar-refractivity contribution in [2.45, 2.75) is 18.4 Å². The van der Waals surface area contributed by atoms with Crippen molar-refractivity contribution in [3.05, 3.63) is 12.2 Å². The summed E-state index contributed by atoms with van der Waals surface area (Å²) < 4.78 is 1.29. The Kier molecular flexibility index (Phi) is 6.86. The molecular formula is C6H11BrMg. The zero-order valence-electron chi connectivity index (χ0n) is 5.52. The first-order chi connectivity index (χ1) is 3.77. The molecule has 2 heteroatoms. The molecule has 0 aromatic rings. The smallest absolute Gasteiger partial charge is 0.306 e. The third kappa shape index (κ3) is 6.99. The number of halogens is 1. The van der Waals surface area contributed by atoms with Crippen LogP contribution < -0.4 is 0 Å². The van der Waals surface area contributed by atoms with Crippen molar-refractivity contribution in [3.63, 3.8) is 0 Å². The van der Waals surface area contributed by atoms with Gasteiger partial charge in [-0.3, -0.25) is 0 Å². The van der Waals surface area contributed by atoms with Crippen LogP contribution in [0.5, 0.6) is 0 Å². The summed E-state index contributed by atoms with van der Waals surface area (Å²) >= 11 is 3.58. The molecule has 0 aliphatic rings. The summed E-state index contributed by atoms with van der Waals surface area (Å²) in [6.45, 7) is 4.40. The zero-order chi connectivity index (χ0) is 6.41. The van der Waals surface area contributed by atoms with Crippen molar-refractivity contribution < 1.29 is 0 Å². The summed E-state index contributed by atoms with van der Waals surface area (Å²) in [6.07, 6.45) is 4.53. The molecular weight excluding hydrogens is 176 g/mol. The van der Waals surface area contributed by atoms with Gasteiger partial charge in [0.05, 0.1) is 0 Å². The van der Waals surface area contributed by atoms with E-state index < -0.39 is 0 Å². The van der Waals surface area contributed by atoms with Crippen LogP contribution in [0.25, 0.3) is 0 Å². The molecule has 0 saturated heterocycles. The summed E-state index contributed by atoms with van der Waals surface area (Å²) in [5.41, 5.74) is 0. The van der Waals surface area contributed by atoms with Gasteiger partial charge in [0.25, 0.3) is 0 Å². The Balaban J connectivity index is 3.07. The molecule has 0 aliphatic heterocycles. The minimum atomic E-state index is 0.0967. The second-order valence-corrected chi connectivity index (χ2v) is 5.48. The molecule has 0 unspecified atom stereocenters. The van der Waals surface area contributed by atoms with Crippen LogP contribution in [-0.4, -0.2) is 18.2 Å². The first-order valence-corrected chi connectivity index (χ1v) is 7.90. The van der Waals surface area contributed by atoms with E-state index in [9.17, 15) is 0 Å². The minimum Gasteiger partial charge on any atom is -0.306 e. The van der Waals surface area contributed by atoms with Crippen LogP contribution >= 0.6 is 12.9 Å². The quantitative estimate of drug-likeness (QED) is 0.471. The summed E-state index contributed by atoms with van der Waals surface area (Å²) in [5, 5.41) is 0. The fourth-order valence-corrected chi connectivity index (χ4v) is 1.54. The summed E-state index contributed by atoms with van der Waals surface area (Å²) in [4.78, 5) is 0. The van der Waals surface area contributed by atoms with E-state index in [2.05, 4.69) is 38.9 Å².